The van der Waals surface area contributed by atoms with Gasteiger partial charge in [-0.05, 0) is 32.0 Å². The van der Waals surface area contributed by atoms with Crippen molar-refractivity contribution < 1.29 is 0 Å². The molecule has 0 saturated carbocycles. The predicted octanol–water partition coefficient (Wildman–Crippen LogP) is 2.59. The molecule has 0 saturated heterocycles. The number of halogens is 2. The van der Waals surface area contributed by atoms with Crippen LogP contribution in [0.3, 0.4) is 0 Å². The molecule has 0 spiro atoms. The smallest absolute Gasteiger partial charge is 0.306 e. The fourth-order valence-electron chi connectivity index (χ4n) is 3.43. The number of hydrogen-bond donors (Lipinski definition) is 0. The molecule has 8 nitrogen and oxygen atoms in total. The highest BCUT2D eigenvalue weighted by Gasteiger charge is 2.21. The average Bonchev–Trinajstić information content (AvgIpc) is 3.17. The van der Waals surface area contributed by atoms with Crippen molar-refractivity contribution >= 4 is 34.4 Å². The molecule has 0 fully saturated rings. The lowest BCUT2D eigenvalue weighted by molar-refractivity contribution is 0.655. The summed E-state index contributed by atoms with van der Waals surface area (Å²) in [5, 5.41) is 5.21. The Morgan fingerprint density at radius 2 is 1.69 bits per heavy atom. The molecule has 0 amide bonds. The highest BCUT2D eigenvalue weighted by molar-refractivity contribution is 6.35. The van der Waals surface area contributed by atoms with Crippen LogP contribution in [-0.4, -0.2) is 28.5 Å². The van der Waals surface area contributed by atoms with Crippen molar-refractivity contribution in [2.75, 3.05) is 0 Å². The summed E-state index contributed by atoms with van der Waals surface area (Å²) in [5.74, 6) is 0.450. The topological polar surface area (TPSA) is 79.6 Å². The Hall–Kier alpha value is -2.84. The van der Waals surface area contributed by atoms with Gasteiger partial charge >= 0.3 is 5.69 Å². The van der Waals surface area contributed by atoms with Crippen molar-refractivity contribution in [1.29, 1.82) is 0 Å². The van der Waals surface area contributed by atoms with Crippen LogP contribution in [0.2, 0.25) is 10.0 Å². The molecular formula is C19H18Cl2N6O2. The number of aryl methyl sites for hydroxylation is 4. The molecule has 0 aliphatic carbocycles. The number of imidazole rings is 1. The highest BCUT2D eigenvalue weighted by Crippen LogP contribution is 2.24. The number of nitrogens with zero attached hydrogens (tertiary/aromatic N) is 6. The molecule has 150 valence electrons. The zero-order valence-corrected chi connectivity index (χ0v) is 17.8. The minimum absolute atomic E-state index is 0.0413. The molecule has 1 aromatic carbocycles. The zero-order valence-electron chi connectivity index (χ0n) is 16.3. The van der Waals surface area contributed by atoms with Gasteiger partial charge in [0, 0.05) is 35.4 Å². The molecule has 0 aliphatic heterocycles. The number of hydrogen-bond acceptors (Lipinski definition) is 4. The largest absolute Gasteiger partial charge is 0.332 e. The third-order valence-electron chi connectivity index (χ3n) is 4.91. The van der Waals surface area contributed by atoms with Gasteiger partial charge in [-0.2, -0.15) is 10.1 Å². The van der Waals surface area contributed by atoms with E-state index >= 15 is 0 Å². The molecule has 0 bridgehead atoms. The number of benzene rings is 1. The number of fused-ring (bicyclic) bond motifs is 1. The number of rotatable bonds is 3. The van der Waals surface area contributed by atoms with E-state index in [4.69, 9.17) is 23.2 Å². The predicted molar refractivity (Wildman–Crippen MR) is 112 cm³/mol. The number of aromatic nitrogens is 6. The first-order valence-corrected chi connectivity index (χ1v) is 9.59. The van der Waals surface area contributed by atoms with Crippen LogP contribution in [0.25, 0.3) is 17.1 Å². The maximum absolute atomic E-state index is 13.3. The fraction of sp³-hybridized carbons (Fsp3) is 0.263. The molecular weight excluding hydrogens is 415 g/mol. The van der Waals surface area contributed by atoms with Gasteiger partial charge in [-0.3, -0.25) is 13.9 Å². The Labute approximate surface area is 175 Å². The minimum atomic E-state index is -0.503. The van der Waals surface area contributed by atoms with Gasteiger partial charge in [-0.1, -0.05) is 29.3 Å². The maximum Gasteiger partial charge on any atom is 0.332 e. The average molecular weight is 433 g/mol. The fourth-order valence-corrected chi connectivity index (χ4v) is 3.95. The lowest BCUT2D eigenvalue weighted by Gasteiger charge is -2.11. The molecule has 3 heterocycles. The van der Waals surface area contributed by atoms with E-state index in [0.717, 1.165) is 16.0 Å². The van der Waals surface area contributed by atoms with Crippen molar-refractivity contribution in [1.82, 2.24) is 28.5 Å². The SMILES string of the molecule is Cc1cc(C)n(-c2nc3c(c(=O)n(Cc4c(Cl)cccc4Cl)c(=O)n3C)n2C)n1. The van der Waals surface area contributed by atoms with Crippen LogP contribution in [0.1, 0.15) is 17.0 Å². The van der Waals surface area contributed by atoms with E-state index in [1.54, 1.807) is 41.5 Å². The van der Waals surface area contributed by atoms with Gasteiger partial charge in [0.25, 0.3) is 5.56 Å². The Kier molecular flexibility index (Phi) is 4.63. The summed E-state index contributed by atoms with van der Waals surface area (Å²) in [6.07, 6.45) is 0. The second-order valence-corrected chi connectivity index (χ2v) is 7.73. The molecule has 0 radical (unpaired) electrons. The quantitative estimate of drug-likeness (QED) is 0.498. The van der Waals surface area contributed by atoms with E-state index in [1.165, 1.54) is 4.57 Å². The van der Waals surface area contributed by atoms with Gasteiger partial charge < -0.3 is 4.57 Å². The molecule has 4 aromatic rings. The third-order valence-corrected chi connectivity index (χ3v) is 5.62. The molecule has 3 aromatic heterocycles. The van der Waals surface area contributed by atoms with E-state index in [0.29, 0.717) is 21.6 Å². The molecule has 0 unspecified atom stereocenters. The summed E-state index contributed by atoms with van der Waals surface area (Å²) < 4.78 is 5.74. The first kappa shape index (κ1) is 19.5. The van der Waals surface area contributed by atoms with Gasteiger partial charge in [0.15, 0.2) is 11.2 Å². The zero-order chi connectivity index (χ0) is 21.0. The summed E-state index contributed by atoms with van der Waals surface area (Å²) in [5.41, 5.74) is 1.81. The van der Waals surface area contributed by atoms with Crippen molar-refractivity contribution in [3.8, 4) is 5.95 Å². The summed E-state index contributed by atoms with van der Waals surface area (Å²) in [4.78, 5) is 30.7. The van der Waals surface area contributed by atoms with E-state index in [9.17, 15) is 9.59 Å². The van der Waals surface area contributed by atoms with Gasteiger partial charge in [0.05, 0.1) is 12.2 Å². The third kappa shape index (κ3) is 2.99. The van der Waals surface area contributed by atoms with Crippen LogP contribution in [0, 0.1) is 13.8 Å². The van der Waals surface area contributed by atoms with Crippen LogP contribution in [-0.2, 0) is 20.6 Å². The van der Waals surface area contributed by atoms with Crippen molar-refractivity contribution in [2.45, 2.75) is 20.4 Å². The summed E-state index contributed by atoms with van der Waals surface area (Å²) in [7, 11) is 3.30. The molecule has 0 aliphatic rings. The molecule has 10 heteroatoms. The second-order valence-electron chi connectivity index (χ2n) is 6.92. The van der Waals surface area contributed by atoms with Gasteiger partial charge in [0.1, 0.15) is 0 Å². The van der Waals surface area contributed by atoms with E-state index in [2.05, 4.69) is 10.1 Å². The highest BCUT2D eigenvalue weighted by atomic mass is 35.5. The van der Waals surface area contributed by atoms with Crippen LogP contribution in [0.4, 0.5) is 0 Å². The molecule has 0 N–H and O–H groups in total. The van der Waals surface area contributed by atoms with E-state index < -0.39 is 11.2 Å². The van der Waals surface area contributed by atoms with Crippen molar-refractivity contribution in [3.63, 3.8) is 0 Å². The monoisotopic (exact) mass is 432 g/mol. The van der Waals surface area contributed by atoms with E-state index in [-0.39, 0.29) is 17.7 Å². The lowest BCUT2D eigenvalue weighted by atomic mass is 10.2. The van der Waals surface area contributed by atoms with Crippen molar-refractivity contribution in [3.05, 3.63) is 72.1 Å². The maximum atomic E-state index is 13.3. The van der Waals surface area contributed by atoms with Crippen LogP contribution >= 0.6 is 23.2 Å². The molecule has 0 atom stereocenters. The van der Waals surface area contributed by atoms with Crippen molar-refractivity contribution in [2.24, 2.45) is 14.1 Å². The normalized spacial score (nSPS) is 11.5. The van der Waals surface area contributed by atoms with Crippen LogP contribution in [0.5, 0.6) is 0 Å². The Morgan fingerprint density at radius 3 is 2.28 bits per heavy atom. The lowest BCUT2D eigenvalue weighted by Crippen LogP contribution is -2.40. The Balaban J connectivity index is 2.00. The molecule has 4 rings (SSSR count). The second kappa shape index (κ2) is 6.89. The van der Waals surface area contributed by atoms with Gasteiger partial charge in [0.2, 0.25) is 5.95 Å². The summed E-state index contributed by atoms with van der Waals surface area (Å²) in [6.45, 7) is 3.73. The Bertz CT molecular complexity index is 1370. The van der Waals surface area contributed by atoms with Gasteiger partial charge in [-0.15, -0.1) is 0 Å². The van der Waals surface area contributed by atoms with Crippen LogP contribution in [0.15, 0.2) is 33.9 Å². The standard InChI is InChI=1S/C19H18Cl2N6O2/c1-10-8-11(2)27(23-10)18-22-16-15(24(18)3)17(28)26(19(29)25(16)4)9-12-13(20)6-5-7-14(12)21/h5-8H,9H2,1-4H3. The summed E-state index contributed by atoms with van der Waals surface area (Å²) >= 11 is 12.5. The minimum Gasteiger partial charge on any atom is -0.306 e. The van der Waals surface area contributed by atoms with Crippen LogP contribution < -0.4 is 11.2 Å². The first-order chi connectivity index (χ1) is 13.7. The molecule has 29 heavy (non-hydrogen) atoms. The summed E-state index contributed by atoms with van der Waals surface area (Å²) in [6, 6.07) is 6.96. The van der Waals surface area contributed by atoms with Gasteiger partial charge in [-0.25, -0.2) is 9.48 Å². The first-order valence-electron chi connectivity index (χ1n) is 8.83. The van der Waals surface area contributed by atoms with E-state index in [1.807, 2.05) is 19.9 Å². The Morgan fingerprint density at radius 1 is 1.03 bits per heavy atom.